The van der Waals surface area contributed by atoms with Crippen molar-refractivity contribution in [3.8, 4) is 0 Å². The number of esters is 1. The quantitative estimate of drug-likeness (QED) is 0.467. The summed E-state index contributed by atoms with van der Waals surface area (Å²) in [4.78, 5) is 12.3. The summed E-state index contributed by atoms with van der Waals surface area (Å²) in [5.41, 5.74) is -0.447. The Balaban J connectivity index is 1.72. The van der Waals surface area contributed by atoms with Gasteiger partial charge in [0.05, 0.1) is 5.60 Å². The Morgan fingerprint density at radius 3 is 2.42 bits per heavy atom. The molecular weight excluding hydrogens is 355 g/mol. The number of rotatable bonds is 3. The van der Waals surface area contributed by atoms with E-state index in [-0.39, 0.29) is 12.1 Å². The molecule has 0 aromatic carbocycles. The third-order valence-corrected chi connectivity index (χ3v) is 6.69. The Labute approximate surface area is 128 Å². The normalized spacial score (nSPS) is 46.9. The van der Waals surface area contributed by atoms with Crippen molar-refractivity contribution >= 4 is 28.6 Å². The van der Waals surface area contributed by atoms with E-state index in [1.807, 2.05) is 13.8 Å². The third-order valence-electron chi connectivity index (χ3n) is 5.49. The molecule has 0 aromatic rings. The standard InChI is InChI=1S/C15H23IO3/c1-3-14(2,16)13(17)19-12-10-4-9-5-11(12)8-15(18,6-9)7-10/h9-12,18H,3-8H2,1-2H3. The molecule has 4 aliphatic rings. The highest BCUT2D eigenvalue weighted by Gasteiger charge is 2.56. The lowest BCUT2D eigenvalue weighted by Gasteiger charge is -2.57. The highest BCUT2D eigenvalue weighted by Crippen LogP contribution is 2.56. The Bertz CT molecular complexity index is 377. The molecule has 108 valence electrons. The number of alkyl halides is 1. The van der Waals surface area contributed by atoms with Crippen LogP contribution in [0.3, 0.4) is 0 Å². The van der Waals surface area contributed by atoms with Crippen LogP contribution in [0.5, 0.6) is 0 Å². The van der Waals surface area contributed by atoms with Crippen molar-refractivity contribution in [3.05, 3.63) is 0 Å². The maximum atomic E-state index is 12.3. The molecule has 0 aromatic heterocycles. The second-order valence-corrected chi connectivity index (χ2v) is 9.50. The molecule has 4 fully saturated rings. The molecule has 4 bridgehead atoms. The molecule has 0 saturated heterocycles. The zero-order chi connectivity index (χ0) is 13.8. The summed E-state index contributed by atoms with van der Waals surface area (Å²) in [7, 11) is 0. The highest BCUT2D eigenvalue weighted by atomic mass is 127. The predicted octanol–water partition coefficient (Wildman–Crippen LogP) is 3.07. The van der Waals surface area contributed by atoms with E-state index in [4.69, 9.17) is 4.74 Å². The zero-order valence-electron chi connectivity index (χ0n) is 11.7. The number of ether oxygens (including phenoxy) is 1. The highest BCUT2D eigenvalue weighted by molar-refractivity contribution is 14.1. The van der Waals surface area contributed by atoms with Crippen LogP contribution in [0, 0.1) is 17.8 Å². The third kappa shape index (κ3) is 2.43. The molecule has 4 saturated carbocycles. The summed E-state index contributed by atoms with van der Waals surface area (Å²) in [6.07, 6.45) is 5.77. The van der Waals surface area contributed by atoms with Gasteiger partial charge in [0.2, 0.25) is 0 Å². The van der Waals surface area contributed by atoms with Crippen molar-refractivity contribution in [1.82, 2.24) is 0 Å². The molecule has 3 unspecified atom stereocenters. The second-order valence-electron chi connectivity index (χ2n) is 7.12. The van der Waals surface area contributed by atoms with Crippen LogP contribution in [-0.2, 0) is 9.53 Å². The number of carbonyl (C=O) groups excluding carboxylic acids is 1. The lowest BCUT2D eigenvalue weighted by Crippen LogP contribution is -2.58. The van der Waals surface area contributed by atoms with E-state index >= 15 is 0 Å². The number of hydrogen-bond acceptors (Lipinski definition) is 3. The lowest BCUT2D eigenvalue weighted by atomic mass is 9.53. The van der Waals surface area contributed by atoms with Crippen molar-refractivity contribution in [2.24, 2.45) is 17.8 Å². The van der Waals surface area contributed by atoms with Crippen LogP contribution in [0.15, 0.2) is 0 Å². The van der Waals surface area contributed by atoms with E-state index in [1.54, 1.807) is 0 Å². The predicted molar refractivity (Wildman–Crippen MR) is 81.1 cm³/mol. The van der Waals surface area contributed by atoms with Gasteiger partial charge in [0.1, 0.15) is 9.53 Å². The van der Waals surface area contributed by atoms with E-state index in [0.717, 1.165) is 38.5 Å². The van der Waals surface area contributed by atoms with Gasteiger partial charge < -0.3 is 9.84 Å². The molecule has 0 spiro atoms. The molecule has 0 amide bonds. The Morgan fingerprint density at radius 1 is 1.37 bits per heavy atom. The van der Waals surface area contributed by atoms with Gasteiger partial charge in [-0.05, 0) is 63.2 Å². The van der Waals surface area contributed by atoms with E-state index < -0.39 is 9.02 Å². The molecule has 1 N–H and O–H groups in total. The maximum absolute atomic E-state index is 12.3. The molecular formula is C15H23IO3. The summed E-state index contributed by atoms with van der Waals surface area (Å²) >= 11 is 2.20. The van der Waals surface area contributed by atoms with Crippen LogP contribution >= 0.6 is 22.6 Å². The second kappa shape index (κ2) is 4.58. The summed E-state index contributed by atoms with van der Waals surface area (Å²) in [6.45, 7) is 3.97. The SMILES string of the molecule is CCC(C)(I)C(=O)OC1C2CC3CC1CC(O)(C3)C2. The van der Waals surface area contributed by atoms with Gasteiger partial charge in [-0.25, -0.2) is 0 Å². The molecule has 0 aliphatic heterocycles. The minimum Gasteiger partial charge on any atom is -0.461 e. The smallest absolute Gasteiger partial charge is 0.322 e. The Kier molecular flexibility index (Phi) is 3.40. The van der Waals surface area contributed by atoms with Crippen molar-refractivity contribution in [1.29, 1.82) is 0 Å². The Hall–Kier alpha value is 0.160. The molecule has 0 radical (unpaired) electrons. The number of halogens is 1. The first-order valence-electron chi connectivity index (χ1n) is 7.45. The van der Waals surface area contributed by atoms with Crippen molar-refractivity contribution in [2.75, 3.05) is 0 Å². The van der Waals surface area contributed by atoms with Gasteiger partial charge >= 0.3 is 5.97 Å². The van der Waals surface area contributed by atoms with Crippen molar-refractivity contribution in [2.45, 2.75) is 67.5 Å². The van der Waals surface area contributed by atoms with Gasteiger partial charge in [0, 0.05) is 0 Å². The molecule has 3 atom stereocenters. The van der Waals surface area contributed by atoms with Gasteiger partial charge in [-0.2, -0.15) is 0 Å². The number of hydrogen-bond donors (Lipinski definition) is 1. The summed E-state index contributed by atoms with van der Waals surface area (Å²) < 4.78 is 5.46. The molecule has 3 nitrogen and oxygen atoms in total. The topological polar surface area (TPSA) is 46.5 Å². The van der Waals surface area contributed by atoms with Crippen LogP contribution in [-0.4, -0.2) is 26.2 Å². The fourth-order valence-electron chi connectivity index (χ4n) is 4.52. The minimum absolute atomic E-state index is 0.0602. The van der Waals surface area contributed by atoms with Crippen LogP contribution in [0.2, 0.25) is 0 Å². The first kappa shape index (κ1) is 14.1. The average Bonchev–Trinajstić information content (AvgIpc) is 2.31. The average molecular weight is 378 g/mol. The molecule has 4 aliphatic carbocycles. The minimum atomic E-state index is -0.447. The molecule has 0 heterocycles. The van der Waals surface area contributed by atoms with Gasteiger partial charge in [0.25, 0.3) is 0 Å². The van der Waals surface area contributed by atoms with Crippen molar-refractivity contribution in [3.63, 3.8) is 0 Å². The van der Waals surface area contributed by atoms with E-state index in [2.05, 4.69) is 22.6 Å². The monoisotopic (exact) mass is 378 g/mol. The molecule has 4 heteroatoms. The van der Waals surface area contributed by atoms with Gasteiger partial charge in [0.15, 0.2) is 0 Å². The molecule has 19 heavy (non-hydrogen) atoms. The Morgan fingerprint density at radius 2 is 1.95 bits per heavy atom. The lowest BCUT2D eigenvalue weighted by molar-refractivity contribution is -0.199. The van der Waals surface area contributed by atoms with E-state index in [1.165, 1.54) is 0 Å². The van der Waals surface area contributed by atoms with Crippen LogP contribution in [0.25, 0.3) is 0 Å². The number of carbonyl (C=O) groups is 1. The zero-order valence-corrected chi connectivity index (χ0v) is 13.9. The van der Waals surface area contributed by atoms with E-state index in [9.17, 15) is 9.90 Å². The van der Waals surface area contributed by atoms with Crippen LogP contribution in [0.4, 0.5) is 0 Å². The van der Waals surface area contributed by atoms with Gasteiger partial charge in [-0.15, -0.1) is 0 Å². The van der Waals surface area contributed by atoms with Gasteiger partial charge in [-0.1, -0.05) is 29.5 Å². The summed E-state index contributed by atoms with van der Waals surface area (Å²) in [5, 5.41) is 10.5. The fraction of sp³-hybridized carbons (Fsp3) is 0.933. The molecule has 4 rings (SSSR count). The first-order valence-corrected chi connectivity index (χ1v) is 8.53. The van der Waals surface area contributed by atoms with Crippen LogP contribution in [0.1, 0.15) is 52.4 Å². The van der Waals surface area contributed by atoms with Gasteiger partial charge in [-0.3, -0.25) is 4.79 Å². The number of aliphatic hydroxyl groups is 1. The largest absolute Gasteiger partial charge is 0.461 e. The van der Waals surface area contributed by atoms with E-state index in [0.29, 0.717) is 17.8 Å². The van der Waals surface area contributed by atoms with Crippen LogP contribution < -0.4 is 0 Å². The fourth-order valence-corrected chi connectivity index (χ4v) is 4.65. The summed E-state index contributed by atoms with van der Waals surface area (Å²) in [5.74, 6) is 1.38. The maximum Gasteiger partial charge on any atom is 0.322 e. The first-order chi connectivity index (χ1) is 8.83. The van der Waals surface area contributed by atoms with Crippen molar-refractivity contribution < 1.29 is 14.6 Å². The summed E-state index contributed by atoms with van der Waals surface area (Å²) in [6, 6.07) is 0.